The third-order valence-corrected chi connectivity index (χ3v) is 7.49. The minimum atomic E-state index is -0.737. The highest BCUT2D eigenvalue weighted by Gasteiger charge is 2.38. The molecule has 3 N–H and O–H groups in total. The van der Waals surface area contributed by atoms with E-state index in [1.165, 1.54) is 11.3 Å². The molecular formula is C24H34Cl2N6O2S. The Balaban J connectivity index is 1.73. The number of nitrogens with two attached hydrogens (primary N) is 1. The Morgan fingerprint density at radius 2 is 1.97 bits per heavy atom. The lowest BCUT2D eigenvalue weighted by atomic mass is 9.94. The SMILES string of the molecule is CC(=O)N1C[C@H](CCCNc2nncs2)N(C(=O)[C@H](N)Cc2ccc(Cl)cc2Cl)C[C@H]1CC(C)C. The van der Waals surface area contributed by atoms with E-state index in [1.54, 1.807) is 24.6 Å². The van der Waals surface area contributed by atoms with E-state index in [9.17, 15) is 9.59 Å². The van der Waals surface area contributed by atoms with Crippen LogP contribution in [0.5, 0.6) is 0 Å². The molecule has 0 aliphatic carbocycles. The topological polar surface area (TPSA) is 104 Å². The fourth-order valence-electron chi connectivity index (χ4n) is 4.61. The van der Waals surface area contributed by atoms with Crippen LogP contribution in [0.25, 0.3) is 0 Å². The summed E-state index contributed by atoms with van der Waals surface area (Å²) in [6.45, 7) is 7.55. The van der Waals surface area contributed by atoms with Gasteiger partial charge in [-0.25, -0.2) is 0 Å². The maximum absolute atomic E-state index is 13.6. The Morgan fingerprint density at radius 1 is 1.23 bits per heavy atom. The molecule has 1 saturated heterocycles. The van der Waals surface area contributed by atoms with Gasteiger partial charge in [-0.1, -0.05) is 54.5 Å². The molecule has 192 valence electrons. The molecule has 1 aliphatic rings. The number of hydrogen-bond acceptors (Lipinski definition) is 7. The number of hydrogen-bond donors (Lipinski definition) is 2. The molecule has 3 rings (SSSR count). The Kier molecular flexibility index (Phi) is 10.1. The van der Waals surface area contributed by atoms with Crippen molar-refractivity contribution in [1.82, 2.24) is 20.0 Å². The number of carbonyl (C=O) groups excluding carboxylic acids is 2. The van der Waals surface area contributed by atoms with Crippen LogP contribution in [-0.2, 0) is 16.0 Å². The smallest absolute Gasteiger partial charge is 0.240 e. The number of benzene rings is 1. The van der Waals surface area contributed by atoms with Gasteiger partial charge in [-0.15, -0.1) is 10.2 Å². The van der Waals surface area contributed by atoms with Crippen molar-refractivity contribution in [3.8, 4) is 0 Å². The molecule has 0 unspecified atom stereocenters. The van der Waals surface area contributed by atoms with Crippen molar-refractivity contribution in [3.63, 3.8) is 0 Å². The lowest BCUT2D eigenvalue weighted by molar-refractivity contribution is -0.147. The lowest BCUT2D eigenvalue weighted by Crippen LogP contribution is -2.63. The molecule has 2 amide bonds. The van der Waals surface area contributed by atoms with Crippen LogP contribution >= 0.6 is 34.5 Å². The third kappa shape index (κ3) is 7.77. The standard InChI is InChI=1S/C24H34Cl2N6O2S/c1-15(2)9-20-13-32(23(34)22(27)10-17-6-7-18(25)11-21(17)26)19(12-31(20)16(3)33)5-4-8-28-24-30-29-14-35-24/h6-7,11,14-15,19-20,22H,4-5,8-10,12-13,27H2,1-3H3,(H,28,30)/t19-,20+,22+/m0/s1. The summed E-state index contributed by atoms with van der Waals surface area (Å²) in [4.78, 5) is 29.9. The molecule has 1 fully saturated rings. The maximum atomic E-state index is 13.6. The minimum absolute atomic E-state index is 0.0291. The first-order valence-corrected chi connectivity index (χ1v) is 13.6. The zero-order valence-corrected chi connectivity index (χ0v) is 22.7. The molecule has 2 aromatic rings. The van der Waals surface area contributed by atoms with Gasteiger partial charge in [0.25, 0.3) is 0 Å². The van der Waals surface area contributed by atoms with E-state index in [1.807, 2.05) is 15.9 Å². The Hall–Kier alpha value is -1.94. The number of anilines is 1. The number of aromatic nitrogens is 2. The van der Waals surface area contributed by atoms with Crippen molar-refractivity contribution in [2.45, 2.75) is 64.6 Å². The maximum Gasteiger partial charge on any atom is 0.240 e. The predicted octanol–water partition coefficient (Wildman–Crippen LogP) is 4.08. The Bertz CT molecular complexity index is 990. The quantitative estimate of drug-likeness (QED) is 0.440. The number of nitrogens with zero attached hydrogens (tertiary/aromatic N) is 4. The van der Waals surface area contributed by atoms with Crippen LogP contribution in [-0.4, -0.2) is 69.6 Å². The average molecular weight is 542 g/mol. The Morgan fingerprint density at radius 3 is 2.60 bits per heavy atom. The molecule has 1 aromatic carbocycles. The molecule has 1 aromatic heterocycles. The van der Waals surface area contributed by atoms with E-state index in [4.69, 9.17) is 28.9 Å². The van der Waals surface area contributed by atoms with Gasteiger partial charge in [0.05, 0.1) is 6.04 Å². The number of piperazine rings is 1. The molecule has 0 radical (unpaired) electrons. The van der Waals surface area contributed by atoms with Crippen molar-refractivity contribution in [2.24, 2.45) is 11.7 Å². The van der Waals surface area contributed by atoms with Crippen molar-refractivity contribution in [2.75, 3.05) is 25.0 Å². The van der Waals surface area contributed by atoms with Crippen LogP contribution in [0.2, 0.25) is 10.0 Å². The van der Waals surface area contributed by atoms with Gasteiger partial charge in [0.15, 0.2) is 0 Å². The fourth-order valence-corrected chi connectivity index (χ4v) is 5.56. The number of rotatable bonds is 10. The first-order chi connectivity index (χ1) is 16.7. The summed E-state index contributed by atoms with van der Waals surface area (Å²) in [5.74, 6) is 0.319. The van der Waals surface area contributed by atoms with Gasteiger partial charge >= 0.3 is 0 Å². The van der Waals surface area contributed by atoms with Crippen LogP contribution in [0.3, 0.4) is 0 Å². The van der Waals surface area contributed by atoms with E-state index in [0.717, 1.165) is 30.0 Å². The molecule has 3 atom stereocenters. The summed E-state index contributed by atoms with van der Waals surface area (Å²) in [5.41, 5.74) is 8.89. The second-order valence-electron chi connectivity index (χ2n) is 9.46. The zero-order valence-electron chi connectivity index (χ0n) is 20.4. The van der Waals surface area contributed by atoms with Gasteiger partial charge in [0.2, 0.25) is 16.9 Å². The van der Waals surface area contributed by atoms with Crippen molar-refractivity contribution >= 4 is 51.5 Å². The van der Waals surface area contributed by atoms with Gasteiger partial charge in [-0.3, -0.25) is 9.59 Å². The molecule has 0 spiro atoms. The molecule has 2 heterocycles. The van der Waals surface area contributed by atoms with Crippen LogP contribution in [0.1, 0.15) is 45.6 Å². The minimum Gasteiger partial charge on any atom is -0.360 e. The number of halogens is 2. The lowest BCUT2D eigenvalue weighted by Gasteiger charge is -2.47. The highest BCUT2D eigenvalue weighted by atomic mass is 35.5. The van der Waals surface area contributed by atoms with Gasteiger partial charge in [-0.05, 0) is 49.3 Å². The molecule has 35 heavy (non-hydrogen) atoms. The summed E-state index contributed by atoms with van der Waals surface area (Å²) >= 11 is 13.8. The third-order valence-electron chi connectivity index (χ3n) is 6.25. The van der Waals surface area contributed by atoms with Crippen molar-refractivity contribution in [1.29, 1.82) is 0 Å². The molecule has 1 aliphatic heterocycles. The normalized spacial score (nSPS) is 19.2. The fraction of sp³-hybridized carbons (Fsp3) is 0.583. The highest BCUT2D eigenvalue weighted by Crippen LogP contribution is 2.26. The van der Waals surface area contributed by atoms with Gasteiger partial charge in [0, 0.05) is 48.7 Å². The van der Waals surface area contributed by atoms with Crippen LogP contribution < -0.4 is 11.1 Å². The Labute approximate surface area is 221 Å². The summed E-state index contributed by atoms with van der Waals surface area (Å²) in [6, 6.07) is 4.34. The second-order valence-corrected chi connectivity index (χ2v) is 11.1. The molecule has 0 saturated carbocycles. The van der Waals surface area contributed by atoms with Gasteiger partial charge < -0.3 is 20.9 Å². The number of amides is 2. The molecule has 11 heteroatoms. The van der Waals surface area contributed by atoms with E-state index in [-0.39, 0.29) is 23.9 Å². The summed E-state index contributed by atoms with van der Waals surface area (Å²) < 4.78 is 0. The number of nitrogens with one attached hydrogen (secondary N) is 1. The average Bonchev–Trinajstić information content (AvgIpc) is 3.31. The largest absolute Gasteiger partial charge is 0.360 e. The predicted molar refractivity (Wildman–Crippen MR) is 142 cm³/mol. The second kappa shape index (κ2) is 12.9. The van der Waals surface area contributed by atoms with E-state index in [2.05, 4.69) is 29.4 Å². The monoisotopic (exact) mass is 540 g/mol. The van der Waals surface area contributed by atoms with E-state index in [0.29, 0.717) is 42.0 Å². The zero-order chi connectivity index (χ0) is 25.5. The molecule has 0 bridgehead atoms. The van der Waals surface area contributed by atoms with Gasteiger partial charge in [0.1, 0.15) is 5.51 Å². The van der Waals surface area contributed by atoms with Crippen LogP contribution in [0.4, 0.5) is 5.13 Å². The van der Waals surface area contributed by atoms with E-state index < -0.39 is 6.04 Å². The first-order valence-electron chi connectivity index (χ1n) is 11.9. The highest BCUT2D eigenvalue weighted by molar-refractivity contribution is 7.13. The number of carbonyl (C=O) groups is 2. The van der Waals surface area contributed by atoms with Gasteiger partial charge in [-0.2, -0.15) is 0 Å². The molecular weight excluding hydrogens is 507 g/mol. The summed E-state index contributed by atoms with van der Waals surface area (Å²) in [7, 11) is 0. The first kappa shape index (κ1) is 27.6. The van der Waals surface area contributed by atoms with Crippen LogP contribution in [0, 0.1) is 5.92 Å². The summed E-state index contributed by atoms with van der Waals surface area (Å²) in [5, 5.41) is 12.9. The molecule has 8 nitrogen and oxygen atoms in total. The van der Waals surface area contributed by atoms with Crippen molar-refractivity contribution < 1.29 is 9.59 Å². The summed E-state index contributed by atoms with van der Waals surface area (Å²) in [6.07, 6.45) is 2.70. The van der Waals surface area contributed by atoms with Crippen LogP contribution in [0.15, 0.2) is 23.7 Å². The van der Waals surface area contributed by atoms with E-state index >= 15 is 0 Å². The van der Waals surface area contributed by atoms with Crippen molar-refractivity contribution in [3.05, 3.63) is 39.3 Å².